The van der Waals surface area contributed by atoms with Crippen molar-refractivity contribution in [1.29, 1.82) is 0 Å². The maximum atomic E-state index is 13.1. The summed E-state index contributed by atoms with van der Waals surface area (Å²) in [5.74, 6) is 0.689. The molecule has 0 unspecified atom stereocenters. The topological polar surface area (TPSA) is 95.8 Å². The van der Waals surface area contributed by atoms with E-state index >= 15 is 0 Å². The third kappa shape index (κ3) is 5.16. The van der Waals surface area contributed by atoms with E-state index in [2.05, 4.69) is 40.7 Å². The second-order valence-electron chi connectivity index (χ2n) is 7.69. The monoisotopic (exact) mass is 701 g/mol. The summed E-state index contributed by atoms with van der Waals surface area (Å²) in [6, 6.07) is 12.1. The number of benzene rings is 2. The molecule has 0 aliphatic carbocycles. The van der Waals surface area contributed by atoms with E-state index in [1.54, 1.807) is 24.7 Å². The fraction of sp³-hybridized carbons (Fsp3) is 0.217. The van der Waals surface area contributed by atoms with Gasteiger partial charge in [-0.05, 0) is 40.8 Å². The molecule has 1 saturated heterocycles. The van der Waals surface area contributed by atoms with Crippen LogP contribution in [0.3, 0.4) is 0 Å². The number of Topliss-reactive ketones (excluding diaryl/α,β-unsaturated/α-hetero) is 1. The van der Waals surface area contributed by atoms with Crippen molar-refractivity contribution < 1.29 is 13.2 Å². The van der Waals surface area contributed by atoms with Crippen molar-refractivity contribution in [3.8, 4) is 0 Å². The van der Waals surface area contributed by atoms with Crippen LogP contribution in [0.25, 0.3) is 16.5 Å². The van der Waals surface area contributed by atoms with Gasteiger partial charge in [-0.25, -0.2) is 21.6 Å². The van der Waals surface area contributed by atoms with Crippen molar-refractivity contribution in [2.45, 2.75) is 11.8 Å². The summed E-state index contributed by atoms with van der Waals surface area (Å²) in [7, 11) is -3.64. The molecular weight excluding hydrogens is 680 g/mol. The molecule has 3 aromatic rings. The van der Waals surface area contributed by atoms with Crippen molar-refractivity contribution in [2.75, 3.05) is 31.1 Å². The second-order valence-corrected chi connectivity index (χ2v) is 10.8. The number of rotatable bonds is 6. The van der Waals surface area contributed by atoms with Gasteiger partial charge < -0.3 is 4.90 Å². The van der Waals surface area contributed by atoms with Crippen molar-refractivity contribution in [3.63, 3.8) is 0 Å². The van der Waals surface area contributed by atoms with Crippen LogP contribution in [0, 0.1) is 0 Å². The molecule has 2 aromatic carbocycles. The molecule has 8 nitrogen and oxygen atoms in total. The summed E-state index contributed by atoms with van der Waals surface area (Å²) in [4.78, 5) is 22.7. The van der Waals surface area contributed by atoms with Crippen LogP contribution in [-0.4, -0.2) is 60.9 Å². The van der Waals surface area contributed by atoms with Gasteiger partial charge in [0.25, 0.3) is 0 Å². The molecule has 0 amide bonds. The fourth-order valence-corrected chi connectivity index (χ4v) is 6.09. The minimum Gasteiger partial charge on any atom is -0.353 e. The minimum atomic E-state index is -3.64. The molecular formula is C23H21I2N5O3S. The van der Waals surface area contributed by atoms with Crippen LogP contribution < -0.4 is 4.90 Å². The normalized spacial score (nSPS) is 15.9. The Labute approximate surface area is 225 Å². The highest BCUT2D eigenvalue weighted by Gasteiger charge is 2.29. The predicted octanol–water partition coefficient (Wildman–Crippen LogP) is 4.54. The number of hydrogen-bond donors (Lipinski definition) is 0. The standard InChI is InChI=1S/C23H21I2N5O3S/c1-16(31)17-2-5-20(6-3-17)34(32,33)30-10-8-29(9-11-30)23-21-12-18(19(13-24)14-28-25)4-7-22(21)26-15-27-23/h2-7,12-15H,8-11H2,1H3/b19-13+,28-14?. The zero-order valence-electron chi connectivity index (χ0n) is 18.2. The SMILES string of the molecule is CC(=O)c1ccc(S(=O)(=O)N2CCN(c3ncnc4ccc(/C(C=NI)=C/I)cc34)CC2)cc1. The molecule has 2 heterocycles. The van der Waals surface area contributed by atoms with Gasteiger partial charge in [0, 0.05) is 48.9 Å². The van der Waals surface area contributed by atoms with Crippen LogP contribution in [0.4, 0.5) is 5.82 Å². The van der Waals surface area contributed by atoms with Crippen LogP contribution in [-0.2, 0) is 10.0 Å². The predicted molar refractivity (Wildman–Crippen MR) is 151 cm³/mol. The van der Waals surface area contributed by atoms with Crippen LogP contribution in [0.15, 0.2) is 61.0 Å². The highest BCUT2D eigenvalue weighted by Crippen LogP contribution is 2.28. The molecule has 0 spiro atoms. The molecule has 1 fully saturated rings. The maximum absolute atomic E-state index is 13.1. The molecule has 0 saturated carbocycles. The van der Waals surface area contributed by atoms with Gasteiger partial charge in [-0.1, -0.05) is 40.8 Å². The lowest BCUT2D eigenvalue weighted by atomic mass is 10.1. The van der Waals surface area contributed by atoms with Crippen molar-refractivity contribution in [3.05, 3.63) is 64.0 Å². The average molecular weight is 701 g/mol. The summed E-state index contributed by atoms with van der Waals surface area (Å²) in [6.45, 7) is 3.14. The number of nitrogens with zero attached hydrogens (tertiary/aromatic N) is 5. The smallest absolute Gasteiger partial charge is 0.243 e. The van der Waals surface area contributed by atoms with E-state index in [9.17, 15) is 13.2 Å². The Balaban J connectivity index is 1.57. The highest BCUT2D eigenvalue weighted by atomic mass is 127. The average Bonchev–Trinajstić information content (AvgIpc) is 2.86. The number of ketones is 1. The van der Waals surface area contributed by atoms with Gasteiger partial charge in [0.15, 0.2) is 5.78 Å². The summed E-state index contributed by atoms with van der Waals surface area (Å²) < 4.78 is 33.8. The van der Waals surface area contributed by atoms with Crippen LogP contribution >= 0.6 is 45.5 Å². The number of fused-ring (bicyclic) bond motifs is 1. The second kappa shape index (κ2) is 10.7. The number of hydrogen-bond acceptors (Lipinski definition) is 7. The molecule has 176 valence electrons. The van der Waals surface area contributed by atoms with Gasteiger partial charge >= 0.3 is 0 Å². The number of allylic oxidation sites excluding steroid dienone is 1. The number of aromatic nitrogens is 2. The lowest BCUT2D eigenvalue weighted by Crippen LogP contribution is -2.49. The number of piperazine rings is 1. The molecule has 34 heavy (non-hydrogen) atoms. The number of carbonyl (C=O) groups is 1. The molecule has 1 aliphatic rings. The molecule has 0 N–H and O–H groups in total. The number of halogens is 2. The maximum Gasteiger partial charge on any atom is 0.243 e. The zero-order valence-corrected chi connectivity index (χ0v) is 23.4. The van der Waals surface area contributed by atoms with Gasteiger partial charge in [-0.3, -0.25) is 4.79 Å². The summed E-state index contributed by atoms with van der Waals surface area (Å²) in [6.07, 6.45) is 3.34. The Bertz CT molecular complexity index is 1380. The van der Waals surface area contributed by atoms with E-state index in [1.807, 2.05) is 45.1 Å². The Hall–Kier alpha value is -1.97. The van der Waals surface area contributed by atoms with Gasteiger partial charge in [0.05, 0.1) is 33.3 Å². The molecule has 0 bridgehead atoms. The summed E-state index contributed by atoms with van der Waals surface area (Å²) in [5.41, 5.74) is 3.31. The van der Waals surface area contributed by atoms with Crippen molar-refractivity contribution >= 4 is 89.8 Å². The van der Waals surface area contributed by atoms with Gasteiger partial charge in [-0.15, -0.1) is 0 Å². The first kappa shape index (κ1) is 25.1. The lowest BCUT2D eigenvalue weighted by molar-refractivity contribution is 0.101. The number of anilines is 1. The third-order valence-corrected chi connectivity index (χ3v) is 8.55. The molecule has 0 atom stereocenters. The number of carbonyl (C=O) groups excluding carboxylic acids is 1. The van der Waals surface area contributed by atoms with E-state index in [-0.39, 0.29) is 10.7 Å². The quantitative estimate of drug-likeness (QED) is 0.213. The van der Waals surface area contributed by atoms with E-state index in [4.69, 9.17) is 0 Å². The van der Waals surface area contributed by atoms with E-state index in [1.165, 1.54) is 23.4 Å². The lowest BCUT2D eigenvalue weighted by Gasteiger charge is -2.35. The zero-order chi connectivity index (χ0) is 24.3. The van der Waals surface area contributed by atoms with Gasteiger partial charge in [0.1, 0.15) is 12.1 Å². The van der Waals surface area contributed by atoms with Crippen LogP contribution in [0.1, 0.15) is 22.8 Å². The first-order valence-electron chi connectivity index (χ1n) is 10.4. The number of sulfonamides is 1. The highest BCUT2D eigenvalue weighted by molar-refractivity contribution is 14.1. The van der Waals surface area contributed by atoms with E-state index in [0.29, 0.717) is 31.7 Å². The Morgan fingerprint density at radius 1 is 1.03 bits per heavy atom. The van der Waals surface area contributed by atoms with E-state index < -0.39 is 10.0 Å². The summed E-state index contributed by atoms with van der Waals surface area (Å²) >= 11 is 4.15. The van der Waals surface area contributed by atoms with Gasteiger partial charge in [-0.2, -0.15) is 4.31 Å². The Morgan fingerprint density at radius 3 is 2.32 bits per heavy atom. The third-order valence-electron chi connectivity index (χ3n) is 5.69. The van der Waals surface area contributed by atoms with Crippen LogP contribution in [0.2, 0.25) is 0 Å². The molecule has 0 radical (unpaired) electrons. The van der Waals surface area contributed by atoms with Crippen molar-refractivity contribution in [2.24, 2.45) is 3.21 Å². The summed E-state index contributed by atoms with van der Waals surface area (Å²) in [5, 5.41) is 0.911. The Kier molecular flexibility index (Phi) is 7.94. The first-order valence-corrected chi connectivity index (χ1v) is 14.1. The van der Waals surface area contributed by atoms with Crippen LogP contribution in [0.5, 0.6) is 0 Å². The molecule has 11 heteroatoms. The fourth-order valence-electron chi connectivity index (χ4n) is 3.84. The Morgan fingerprint density at radius 2 is 1.71 bits per heavy atom. The molecule has 1 aromatic heterocycles. The molecule has 1 aliphatic heterocycles. The van der Waals surface area contributed by atoms with Gasteiger partial charge in [0.2, 0.25) is 10.0 Å². The van der Waals surface area contributed by atoms with E-state index in [0.717, 1.165) is 27.9 Å². The molecule has 4 rings (SSSR count). The van der Waals surface area contributed by atoms with Crippen molar-refractivity contribution in [1.82, 2.24) is 14.3 Å². The minimum absolute atomic E-state index is 0.0968. The largest absolute Gasteiger partial charge is 0.353 e. The first-order chi connectivity index (χ1) is 16.3.